The largest absolute Gasteiger partial charge is 0.457 e. The van der Waals surface area contributed by atoms with E-state index in [1.165, 1.54) is 18.3 Å². The molecule has 1 fully saturated rings. The Morgan fingerprint density at radius 3 is 2.47 bits per heavy atom. The zero-order valence-electron chi connectivity index (χ0n) is 21.8. The molecule has 7 nitrogen and oxygen atoms in total. The van der Waals surface area contributed by atoms with E-state index in [4.69, 9.17) is 20.8 Å². The molecule has 0 amide bonds. The summed E-state index contributed by atoms with van der Waals surface area (Å²) in [6.07, 6.45) is 1.77. The van der Waals surface area contributed by atoms with Crippen molar-refractivity contribution in [2.75, 3.05) is 6.61 Å². The Bertz CT molecular complexity index is 1210. The molecule has 1 N–H and O–H groups in total. The third-order valence-corrected chi connectivity index (χ3v) is 13.5. The van der Waals surface area contributed by atoms with Crippen LogP contribution in [0.15, 0.2) is 47.6 Å². The number of sulfonamides is 1. The zero-order chi connectivity index (χ0) is 26.9. The van der Waals surface area contributed by atoms with Crippen LogP contribution < -0.4 is 4.72 Å². The van der Waals surface area contributed by atoms with Gasteiger partial charge < -0.3 is 9.16 Å². The summed E-state index contributed by atoms with van der Waals surface area (Å²) in [4.78, 5) is 8.55. The van der Waals surface area contributed by atoms with Crippen molar-refractivity contribution in [3.8, 4) is 0 Å². The molecular weight excluding hydrogens is 521 g/mol. The van der Waals surface area contributed by atoms with Crippen molar-refractivity contribution in [1.82, 2.24) is 9.71 Å². The average molecular weight is 556 g/mol. The van der Waals surface area contributed by atoms with Gasteiger partial charge >= 0.3 is 0 Å². The van der Waals surface area contributed by atoms with Crippen LogP contribution in [0.4, 0.5) is 4.39 Å². The summed E-state index contributed by atoms with van der Waals surface area (Å²) in [7, 11) is -5.99. The normalized spacial score (nSPS) is 21.5. The maximum atomic E-state index is 14.8. The maximum absolute atomic E-state index is 14.8. The fourth-order valence-electron chi connectivity index (χ4n) is 3.87. The van der Waals surface area contributed by atoms with E-state index in [0.29, 0.717) is 24.2 Å². The first-order valence-corrected chi connectivity index (χ1v) is 16.6. The van der Waals surface area contributed by atoms with E-state index in [0.717, 1.165) is 0 Å². The van der Waals surface area contributed by atoms with E-state index in [1.54, 1.807) is 38.1 Å². The topological polar surface area (TPSA) is 89.9 Å². The summed E-state index contributed by atoms with van der Waals surface area (Å²) in [5.74, 6) is -0.429. The van der Waals surface area contributed by atoms with Crippen molar-refractivity contribution in [2.24, 2.45) is 4.99 Å². The molecule has 0 radical (unpaired) electrons. The average Bonchev–Trinajstić information content (AvgIpc) is 2.72. The standard InChI is InChI=1S/C25H35ClFN3O4SSi/c1-24(2,3)36(6,7)33-15-14-20(18-10-8-9-11-19(18)27)29-23-30-35(31,32)22(25(4,5)34-23)17-12-13-21(26)28-16-17/h8-13,16,20,22H,14-15H2,1-7H3,(H,29,30)/t20-,22?/m0/s1. The van der Waals surface area contributed by atoms with Crippen LogP contribution in [0.25, 0.3) is 0 Å². The van der Waals surface area contributed by atoms with Gasteiger partial charge in [0.05, 0.1) is 6.04 Å². The van der Waals surface area contributed by atoms with Gasteiger partial charge in [0, 0.05) is 18.4 Å². The van der Waals surface area contributed by atoms with Crippen molar-refractivity contribution in [1.29, 1.82) is 0 Å². The molecule has 198 valence electrons. The third-order valence-electron chi connectivity index (χ3n) is 6.78. The molecule has 3 rings (SSSR count). The highest BCUT2D eigenvalue weighted by molar-refractivity contribution is 7.90. The van der Waals surface area contributed by atoms with Crippen LogP contribution in [-0.4, -0.2) is 39.9 Å². The smallest absolute Gasteiger partial charge is 0.299 e. The Labute approximate surface area is 219 Å². The summed E-state index contributed by atoms with van der Waals surface area (Å²) in [6.45, 7) is 14.4. The van der Waals surface area contributed by atoms with Crippen LogP contribution in [0.3, 0.4) is 0 Å². The van der Waals surface area contributed by atoms with E-state index >= 15 is 0 Å². The van der Waals surface area contributed by atoms with Crippen LogP contribution in [0.5, 0.6) is 0 Å². The number of nitrogens with zero attached hydrogens (tertiary/aromatic N) is 2. The van der Waals surface area contributed by atoms with Crippen LogP contribution in [0, 0.1) is 5.82 Å². The first-order chi connectivity index (χ1) is 16.5. The number of aliphatic imine (C=N–C) groups is 1. The van der Waals surface area contributed by atoms with Gasteiger partial charge in [-0.25, -0.2) is 27.5 Å². The van der Waals surface area contributed by atoms with Gasteiger partial charge in [0.25, 0.3) is 6.02 Å². The molecule has 36 heavy (non-hydrogen) atoms. The quantitative estimate of drug-likeness (QED) is 0.327. The number of ether oxygens (including phenoxy) is 1. The van der Waals surface area contributed by atoms with Crippen molar-refractivity contribution in [3.05, 3.63) is 64.7 Å². The number of benzene rings is 1. The lowest BCUT2D eigenvalue weighted by molar-refractivity contribution is 0.0757. The van der Waals surface area contributed by atoms with Gasteiger partial charge in [-0.1, -0.05) is 56.6 Å². The predicted octanol–water partition coefficient (Wildman–Crippen LogP) is 6.15. The predicted molar refractivity (Wildman–Crippen MR) is 144 cm³/mol. The molecule has 1 aliphatic heterocycles. The Kier molecular flexibility index (Phi) is 8.24. The van der Waals surface area contributed by atoms with Gasteiger partial charge in [-0.15, -0.1) is 0 Å². The molecule has 1 aromatic heterocycles. The second-order valence-corrected chi connectivity index (χ2v) is 18.0. The van der Waals surface area contributed by atoms with E-state index in [-0.39, 0.29) is 16.2 Å². The fraction of sp³-hybridized carbons (Fsp3) is 0.520. The molecule has 0 bridgehead atoms. The van der Waals surface area contributed by atoms with E-state index in [9.17, 15) is 12.8 Å². The van der Waals surface area contributed by atoms with Crippen molar-refractivity contribution >= 4 is 36.0 Å². The molecule has 0 aliphatic carbocycles. The molecule has 11 heteroatoms. The number of rotatable bonds is 7. The lowest BCUT2D eigenvalue weighted by Gasteiger charge is -2.39. The zero-order valence-corrected chi connectivity index (χ0v) is 24.4. The van der Waals surface area contributed by atoms with Crippen LogP contribution >= 0.6 is 11.6 Å². The molecule has 1 aromatic carbocycles. The molecule has 2 aromatic rings. The van der Waals surface area contributed by atoms with Crippen LogP contribution in [-0.2, 0) is 19.2 Å². The first kappa shape index (κ1) is 28.6. The second kappa shape index (κ2) is 10.4. The van der Waals surface area contributed by atoms with Crippen LogP contribution in [0.2, 0.25) is 23.3 Å². The number of pyridine rings is 1. The minimum Gasteiger partial charge on any atom is -0.457 e. The van der Waals surface area contributed by atoms with Crippen molar-refractivity contribution < 1.29 is 22.0 Å². The van der Waals surface area contributed by atoms with E-state index in [1.807, 2.05) is 0 Å². The Balaban J connectivity index is 1.92. The number of hydrogen-bond acceptors (Lipinski definition) is 6. The highest BCUT2D eigenvalue weighted by atomic mass is 35.5. The Morgan fingerprint density at radius 1 is 1.25 bits per heavy atom. The lowest BCUT2D eigenvalue weighted by Crippen LogP contribution is -2.53. The van der Waals surface area contributed by atoms with Gasteiger partial charge in [0.15, 0.2) is 8.32 Å². The number of aromatic nitrogens is 1. The fourth-order valence-corrected chi connectivity index (χ4v) is 6.79. The number of nitrogens with one attached hydrogen (secondary N) is 1. The van der Waals surface area contributed by atoms with Crippen LogP contribution in [0.1, 0.15) is 63.5 Å². The summed E-state index contributed by atoms with van der Waals surface area (Å²) < 4.78 is 56.2. The molecule has 1 saturated heterocycles. The molecule has 1 unspecified atom stereocenters. The molecule has 0 spiro atoms. The van der Waals surface area contributed by atoms with Crippen molar-refractivity contribution in [3.63, 3.8) is 0 Å². The van der Waals surface area contributed by atoms with E-state index < -0.39 is 41.1 Å². The highest BCUT2D eigenvalue weighted by Gasteiger charge is 2.48. The van der Waals surface area contributed by atoms with E-state index in [2.05, 4.69) is 48.6 Å². The first-order valence-electron chi connectivity index (χ1n) is 11.8. The molecular formula is C25H35ClFN3O4SSi. The third kappa shape index (κ3) is 6.45. The number of amidine groups is 1. The minimum atomic E-state index is -3.95. The summed E-state index contributed by atoms with van der Waals surface area (Å²) in [5, 5.41) is -0.777. The minimum absolute atomic E-state index is 0.0179. The van der Waals surface area contributed by atoms with Crippen molar-refractivity contribution in [2.45, 2.75) is 76.1 Å². The maximum Gasteiger partial charge on any atom is 0.299 e. The van der Waals surface area contributed by atoms with Gasteiger partial charge in [-0.3, -0.25) is 0 Å². The van der Waals surface area contributed by atoms with Gasteiger partial charge in [0.2, 0.25) is 10.0 Å². The number of hydrogen-bond donors (Lipinski definition) is 1. The highest BCUT2D eigenvalue weighted by Crippen LogP contribution is 2.40. The van der Waals surface area contributed by atoms with Gasteiger partial charge in [-0.05, 0) is 56.1 Å². The Morgan fingerprint density at radius 2 is 1.92 bits per heavy atom. The lowest BCUT2D eigenvalue weighted by atomic mass is 9.98. The summed E-state index contributed by atoms with van der Waals surface area (Å²) in [6, 6.07) is 8.56. The summed E-state index contributed by atoms with van der Waals surface area (Å²) in [5.41, 5.74) is -0.409. The molecule has 0 saturated carbocycles. The molecule has 2 atom stereocenters. The summed E-state index contributed by atoms with van der Waals surface area (Å²) >= 11 is 5.87. The second-order valence-electron chi connectivity index (χ2n) is 11.0. The monoisotopic (exact) mass is 555 g/mol. The SMILES string of the molecule is CC1(C)OC(=N[C@@H](CCO[Si](C)(C)C(C)(C)C)c2ccccc2F)NS(=O)(=O)C1c1ccc(Cl)nc1. The Hall–Kier alpha value is -2.01. The molecule has 2 heterocycles. The van der Waals surface area contributed by atoms with Gasteiger partial charge in [0.1, 0.15) is 21.8 Å². The number of halogens is 2. The van der Waals surface area contributed by atoms with Gasteiger partial charge in [-0.2, -0.15) is 0 Å². The molecule has 1 aliphatic rings.